The molecule has 0 saturated carbocycles. The van der Waals surface area contributed by atoms with Crippen LogP contribution in [0.3, 0.4) is 0 Å². The summed E-state index contributed by atoms with van der Waals surface area (Å²) in [4.78, 5) is 16.5. The topological polar surface area (TPSA) is 85.4 Å². The highest BCUT2D eigenvalue weighted by atomic mass is 35.5. The molecule has 0 spiro atoms. The summed E-state index contributed by atoms with van der Waals surface area (Å²) in [5.74, 6) is 0.934. The number of amides is 1. The molecule has 0 atom stereocenters. The lowest BCUT2D eigenvalue weighted by Crippen LogP contribution is -2.44. The van der Waals surface area contributed by atoms with Crippen molar-refractivity contribution in [2.45, 2.75) is 24.8 Å². The minimum absolute atomic E-state index is 0.0365. The number of nitrogens with zero attached hydrogens (tertiary/aromatic N) is 2. The zero-order valence-corrected chi connectivity index (χ0v) is 24.4. The molecule has 8 nitrogen and oxygen atoms in total. The Bertz CT molecular complexity index is 1310. The van der Waals surface area contributed by atoms with Crippen molar-refractivity contribution < 1.29 is 27.4 Å². The normalized spacial score (nSPS) is 11.5. The Morgan fingerprint density at radius 1 is 0.974 bits per heavy atom. The van der Waals surface area contributed by atoms with E-state index in [0.29, 0.717) is 36.0 Å². The number of benzene rings is 2. The molecule has 1 amide bonds. The lowest BCUT2D eigenvalue weighted by molar-refractivity contribution is -0.132. The van der Waals surface area contributed by atoms with E-state index in [4.69, 9.17) is 25.8 Å². The summed E-state index contributed by atoms with van der Waals surface area (Å²) in [5.41, 5.74) is 2.05. The molecule has 1 heterocycles. The predicted molar refractivity (Wildman–Crippen MR) is 150 cm³/mol. The van der Waals surface area contributed by atoms with Crippen molar-refractivity contribution in [2.24, 2.45) is 0 Å². The molecule has 0 aliphatic rings. The van der Waals surface area contributed by atoms with E-state index in [2.05, 4.69) is 0 Å². The maximum Gasteiger partial charge on any atom is 0.243 e. The van der Waals surface area contributed by atoms with Gasteiger partial charge in [0.2, 0.25) is 15.9 Å². The van der Waals surface area contributed by atoms with Crippen molar-refractivity contribution in [3.8, 4) is 11.5 Å². The van der Waals surface area contributed by atoms with Crippen LogP contribution in [0.1, 0.15) is 16.0 Å². The number of carbonyl (C=O) groups is 1. The van der Waals surface area contributed by atoms with Gasteiger partial charge in [0.25, 0.3) is 0 Å². The first-order valence-electron chi connectivity index (χ1n) is 12.0. The molecular formula is C27H33ClN2O6S2. The maximum absolute atomic E-state index is 13.6. The number of sulfonamides is 1. The maximum atomic E-state index is 13.6. The van der Waals surface area contributed by atoms with Gasteiger partial charge in [-0.15, -0.1) is 11.3 Å². The minimum Gasteiger partial charge on any atom is -0.493 e. The van der Waals surface area contributed by atoms with Gasteiger partial charge in [0.05, 0.1) is 38.8 Å². The van der Waals surface area contributed by atoms with Gasteiger partial charge in [0, 0.05) is 30.1 Å². The van der Waals surface area contributed by atoms with Crippen molar-refractivity contribution >= 4 is 38.9 Å². The Labute approximate surface area is 233 Å². The number of hydrogen-bond donors (Lipinski definition) is 0. The average molecular weight is 581 g/mol. The second kappa shape index (κ2) is 14.0. The van der Waals surface area contributed by atoms with Crippen molar-refractivity contribution in [3.63, 3.8) is 0 Å². The highest BCUT2D eigenvalue weighted by Crippen LogP contribution is 2.28. The summed E-state index contributed by atoms with van der Waals surface area (Å²) in [6.45, 7) is 2.65. The molecule has 3 rings (SSSR count). The molecule has 11 heteroatoms. The number of hydrogen-bond acceptors (Lipinski definition) is 7. The van der Waals surface area contributed by atoms with Gasteiger partial charge in [0.1, 0.15) is 0 Å². The SMILES string of the molecule is COCCN(CC(=O)N(CCc1ccc(OC)c(OC)c1)Cc1sccc1C)S(=O)(=O)c1ccc(Cl)cc1. The second-order valence-corrected chi connectivity index (χ2v) is 11.9. The number of ether oxygens (including phenoxy) is 3. The molecule has 0 N–H and O–H groups in total. The summed E-state index contributed by atoms with van der Waals surface area (Å²) >= 11 is 7.52. The first-order chi connectivity index (χ1) is 18.2. The van der Waals surface area contributed by atoms with Crippen LogP contribution in [-0.2, 0) is 32.5 Å². The number of aryl methyl sites for hydroxylation is 1. The van der Waals surface area contributed by atoms with E-state index in [1.165, 1.54) is 31.4 Å². The summed E-state index contributed by atoms with van der Waals surface area (Å²) in [6.07, 6.45) is 0.554. The molecule has 0 bridgehead atoms. The van der Waals surface area contributed by atoms with Gasteiger partial charge in [0.15, 0.2) is 11.5 Å². The lowest BCUT2D eigenvalue weighted by Gasteiger charge is -2.27. The average Bonchev–Trinajstić information content (AvgIpc) is 3.32. The Balaban J connectivity index is 1.84. The monoisotopic (exact) mass is 580 g/mol. The van der Waals surface area contributed by atoms with Gasteiger partial charge < -0.3 is 19.1 Å². The number of rotatable bonds is 14. The van der Waals surface area contributed by atoms with Crippen molar-refractivity contribution in [2.75, 3.05) is 47.6 Å². The minimum atomic E-state index is -3.95. The van der Waals surface area contributed by atoms with E-state index < -0.39 is 10.0 Å². The quantitative estimate of drug-likeness (QED) is 0.276. The summed E-state index contributed by atoms with van der Waals surface area (Å²) in [7, 11) is 0.691. The highest BCUT2D eigenvalue weighted by Gasteiger charge is 2.29. The molecule has 2 aromatic carbocycles. The van der Waals surface area contributed by atoms with Crippen LogP contribution in [0.5, 0.6) is 11.5 Å². The second-order valence-electron chi connectivity index (χ2n) is 8.57. The Morgan fingerprint density at radius 3 is 2.29 bits per heavy atom. The third-order valence-corrected chi connectivity index (χ3v) is 9.20. The van der Waals surface area contributed by atoms with Crippen LogP contribution in [-0.4, -0.2) is 71.1 Å². The Morgan fingerprint density at radius 2 is 1.68 bits per heavy atom. The molecule has 0 radical (unpaired) electrons. The van der Waals surface area contributed by atoms with Crippen LogP contribution in [0.4, 0.5) is 0 Å². The molecule has 0 aliphatic heterocycles. The molecule has 0 aliphatic carbocycles. The van der Waals surface area contributed by atoms with Crippen LogP contribution in [0, 0.1) is 6.92 Å². The molecule has 206 valence electrons. The molecule has 38 heavy (non-hydrogen) atoms. The zero-order valence-electron chi connectivity index (χ0n) is 22.0. The predicted octanol–water partition coefficient (Wildman–Crippen LogP) is 4.64. The van der Waals surface area contributed by atoms with Crippen LogP contribution < -0.4 is 9.47 Å². The van der Waals surface area contributed by atoms with Gasteiger partial charge >= 0.3 is 0 Å². The third kappa shape index (κ3) is 7.70. The van der Waals surface area contributed by atoms with E-state index in [9.17, 15) is 13.2 Å². The first kappa shape index (κ1) is 29.9. The van der Waals surface area contributed by atoms with Crippen molar-refractivity contribution in [1.82, 2.24) is 9.21 Å². The van der Waals surface area contributed by atoms with Gasteiger partial charge in [-0.3, -0.25) is 4.79 Å². The zero-order chi connectivity index (χ0) is 27.7. The van der Waals surface area contributed by atoms with Gasteiger partial charge in [-0.2, -0.15) is 4.31 Å². The third-order valence-electron chi connectivity index (χ3n) is 6.08. The van der Waals surface area contributed by atoms with E-state index in [0.717, 1.165) is 20.3 Å². The van der Waals surface area contributed by atoms with Gasteiger partial charge in [-0.05, 0) is 72.3 Å². The Kier molecular flexibility index (Phi) is 11.0. The smallest absolute Gasteiger partial charge is 0.243 e. The van der Waals surface area contributed by atoms with E-state index in [1.54, 1.807) is 30.5 Å². The largest absolute Gasteiger partial charge is 0.493 e. The fourth-order valence-electron chi connectivity index (χ4n) is 3.82. The fourth-order valence-corrected chi connectivity index (χ4v) is 6.24. The number of thiophene rings is 1. The van der Waals surface area contributed by atoms with Crippen LogP contribution in [0.2, 0.25) is 5.02 Å². The van der Waals surface area contributed by atoms with Crippen LogP contribution in [0.25, 0.3) is 0 Å². The first-order valence-corrected chi connectivity index (χ1v) is 14.7. The molecule has 1 aromatic heterocycles. The van der Waals surface area contributed by atoms with Crippen molar-refractivity contribution in [1.29, 1.82) is 0 Å². The van der Waals surface area contributed by atoms with E-state index in [-0.39, 0.29) is 30.5 Å². The summed E-state index contributed by atoms with van der Waals surface area (Å²) in [5, 5.41) is 2.41. The Hall–Kier alpha value is -2.63. The summed E-state index contributed by atoms with van der Waals surface area (Å²) in [6, 6.07) is 13.5. The standard InChI is InChI=1S/C27H33ClN2O6S2/c1-20-12-16-37-26(20)18-29(13-11-21-5-10-24(35-3)25(17-21)36-4)27(31)19-30(14-15-34-2)38(32,33)23-8-6-22(28)7-9-23/h5-10,12,16-17H,11,13-15,18-19H2,1-4H3. The lowest BCUT2D eigenvalue weighted by atomic mass is 10.1. The van der Waals surface area contributed by atoms with E-state index >= 15 is 0 Å². The molecule has 0 saturated heterocycles. The number of methoxy groups -OCH3 is 3. The van der Waals surface area contributed by atoms with Gasteiger partial charge in [-0.25, -0.2) is 8.42 Å². The van der Waals surface area contributed by atoms with E-state index in [1.807, 2.05) is 36.6 Å². The molecule has 3 aromatic rings. The number of carbonyl (C=O) groups excluding carboxylic acids is 1. The molecule has 0 unspecified atom stereocenters. The molecular weight excluding hydrogens is 548 g/mol. The van der Waals surface area contributed by atoms with Crippen LogP contribution in [0.15, 0.2) is 58.8 Å². The summed E-state index contributed by atoms with van der Waals surface area (Å²) < 4.78 is 43.9. The fraction of sp³-hybridized carbons (Fsp3) is 0.370. The number of halogens is 1. The highest BCUT2D eigenvalue weighted by molar-refractivity contribution is 7.89. The van der Waals surface area contributed by atoms with Gasteiger partial charge in [-0.1, -0.05) is 17.7 Å². The van der Waals surface area contributed by atoms with Crippen LogP contribution >= 0.6 is 22.9 Å². The van der Waals surface area contributed by atoms with Crippen molar-refractivity contribution in [3.05, 3.63) is 74.9 Å². The molecule has 0 fully saturated rings.